The Morgan fingerprint density at radius 3 is 2.71 bits per heavy atom. The second-order valence-corrected chi connectivity index (χ2v) is 6.55. The molecular formula is C13H27N3S. The summed E-state index contributed by atoms with van der Waals surface area (Å²) >= 11 is 2.10. The van der Waals surface area contributed by atoms with E-state index >= 15 is 0 Å². The maximum absolute atomic E-state index is 3.59. The van der Waals surface area contributed by atoms with Gasteiger partial charge in [-0.25, -0.2) is 0 Å². The number of hydrogen-bond donors (Lipinski definition) is 1. The molecule has 2 aliphatic rings. The molecule has 100 valence electrons. The second-order valence-electron chi connectivity index (χ2n) is 5.32. The van der Waals surface area contributed by atoms with Gasteiger partial charge in [0.05, 0.1) is 0 Å². The Balaban J connectivity index is 1.74. The van der Waals surface area contributed by atoms with Crippen molar-refractivity contribution in [2.24, 2.45) is 0 Å². The predicted octanol–water partition coefficient (Wildman–Crippen LogP) is 1.11. The quantitative estimate of drug-likeness (QED) is 0.813. The number of nitrogens with zero attached hydrogens (tertiary/aromatic N) is 2. The summed E-state index contributed by atoms with van der Waals surface area (Å²) in [5, 5.41) is 3.59. The summed E-state index contributed by atoms with van der Waals surface area (Å²) < 4.78 is 0. The third-order valence-electron chi connectivity index (χ3n) is 4.01. The van der Waals surface area contributed by atoms with Crippen molar-refractivity contribution in [1.29, 1.82) is 0 Å². The molecular weight excluding hydrogens is 230 g/mol. The van der Waals surface area contributed by atoms with Gasteiger partial charge in [0, 0.05) is 62.9 Å². The first-order valence-corrected chi connectivity index (χ1v) is 8.22. The van der Waals surface area contributed by atoms with Crippen LogP contribution in [0.1, 0.15) is 20.3 Å². The highest BCUT2D eigenvalue weighted by molar-refractivity contribution is 7.99. The third-order valence-corrected chi connectivity index (χ3v) is 4.95. The summed E-state index contributed by atoms with van der Waals surface area (Å²) in [4.78, 5) is 5.33. The van der Waals surface area contributed by atoms with Gasteiger partial charge in [0.1, 0.15) is 0 Å². The Bertz CT molecular complexity index is 219. The zero-order chi connectivity index (χ0) is 12.1. The molecule has 0 aromatic rings. The minimum atomic E-state index is 0.662. The van der Waals surface area contributed by atoms with E-state index in [2.05, 4.69) is 40.7 Å². The van der Waals surface area contributed by atoms with Crippen molar-refractivity contribution < 1.29 is 0 Å². The maximum Gasteiger partial charge on any atom is 0.0219 e. The van der Waals surface area contributed by atoms with Crippen molar-refractivity contribution in [3.8, 4) is 0 Å². The molecule has 17 heavy (non-hydrogen) atoms. The maximum atomic E-state index is 3.59. The highest BCUT2D eigenvalue weighted by Crippen LogP contribution is 2.12. The van der Waals surface area contributed by atoms with Crippen LogP contribution in [0.4, 0.5) is 0 Å². The molecule has 0 spiro atoms. The van der Waals surface area contributed by atoms with Crippen molar-refractivity contribution >= 4 is 11.8 Å². The van der Waals surface area contributed by atoms with Gasteiger partial charge in [-0.05, 0) is 13.3 Å². The lowest BCUT2D eigenvalue weighted by molar-refractivity contribution is 0.115. The van der Waals surface area contributed by atoms with Gasteiger partial charge < -0.3 is 10.2 Å². The van der Waals surface area contributed by atoms with Crippen LogP contribution in [-0.4, -0.2) is 72.7 Å². The Hall–Kier alpha value is 0.230. The van der Waals surface area contributed by atoms with Crippen molar-refractivity contribution in [2.45, 2.75) is 32.4 Å². The third kappa shape index (κ3) is 4.12. The van der Waals surface area contributed by atoms with Crippen LogP contribution < -0.4 is 5.32 Å². The second kappa shape index (κ2) is 6.98. The number of piperazine rings is 1. The summed E-state index contributed by atoms with van der Waals surface area (Å²) in [6.07, 6.45) is 1.27. The van der Waals surface area contributed by atoms with Crippen LogP contribution in [0.25, 0.3) is 0 Å². The molecule has 3 nitrogen and oxygen atoms in total. The van der Waals surface area contributed by atoms with Gasteiger partial charge in [-0.15, -0.1) is 0 Å². The van der Waals surface area contributed by atoms with Crippen LogP contribution in [0.5, 0.6) is 0 Å². The zero-order valence-corrected chi connectivity index (χ0v) is 12.1. The van der Waals surface area contributed by atoms with Crippen molar-refractivity contribution in [1.82, 2.24) is 15.1 Å². The van der Waals surface area contributed by atoms with Crippen molar-refractivity contribution in [3.63, 3.8) is 0 Å². The standard InChI is InChI=1S/C13H27N3S/c1-3-13-10-14-12(2)11-16(13)5-4-15-6-8-17-9-7-15/h12-14H,3-11H2,1-2H3. The number of hydrogen-bond acceptors (Lipinski definition) is 4. The van der Waals surface area contributed by atoms with Crippen LogP contribution in [0.3, 0.4) is 0 Å². The van der Waals surface area contributed by atoms with Crippen LogP contribution >= 0.6 is 11.8 Å². The van der Waals surface area contributed by atoms with Gasteiger partial charge in [-0.2, -0.15) is 11.8 Å². The predicted molar refractivity (Wildman–Crippen MR) is 76.9 cm³/mol. The van der Waals surface area contributed by atoms with Crippen LogP contribution in [-0.2, 0) is 0 Å². The van der Waals surface area contributed by atoms with E-state index in [1.54, 1.807) is 0 Å². The van der Waals surface area contributed by atoms with E-state index in [0.717, 1.165) is 6.04 Å². The molecule has 2 rings (SSSR count). The lowest BCUT2D eigenvalue weighted by atomic mass is 10.1. The molecule has 0 radical (unpaired) electrons. The fraction of sp³-hybridized carbons (Fsp3) is 1.00. The highest BCUT2D eigenvalue weighted by atomic mass is 32.2. The molecule has 2 atom stereocenters. The molecule has 2 fully saturated rings. The van der Waals surface area contributed by atoms with Crippen LogP contribution in [0.15, 0.2) is 0 Å². The van der Waals surface area contributed by atoms with E-state index in [9.17, 15) is 0 Å². The molecule has 0 aromatic carbocycles. The summed E-state index contributed by atoms with van der Waals surface area (Å²) in [7, 11) is 0. The Morgan fingerprint density at radius 2 is 2.00 bits per heavy atom. The molecule has 0 aromatic heterocycles. The smallest absolute Gasteiger partial charge is 0.0219 e. The minimum Gasteiger partial charge on any atom is -0.311 e. The lowest BCUT2D eigenvalue weighted by Gasteiger charge is -2.40. The zero-order valence-electron chi connectivity index (χ0n) is 11.3. The normalized spacial score (nSPS) is 32.8. The first-order chi connectivity index (χ1) is 8.29. The van der Waals surface area contributed by atoms with Gasteiger partial charge >= 0.3 is 0 Å². The lowest BCUT2D eigenvalue weighted by Crippen LogP contribution is -2.56. The monoisotopic (exact) mass is 257 g/mol. The highest BCUT2D eigenvalue weighted by Gasteiger charge is 2.24. The number of rotatable bonds is 4. The fourth-order valence-corrected chi connectivity index (χ4v) is 3.78. The molecule has 1 N–H and O–H groups in total. The SMILES string of the molecule is CCC1CNC(C)CN1CCN1CCSCC1. The largest absolute Gasteiger partial charge is 0.311 e. The van der Waals surface area contributed by atoms with Crippen molar-refractivity contribution in [3.05, 3.63) is 0 Å². The topological polar surface area (TPSA) is 18.5 Å². The molecule has 0 bridgehead atoms. The molecule has 2 aliphatic heterocycles. The molecule has 2 unspecified atom stereocenters. The molecule has 4 heteroatoms. The average Bonchev–Trinajstić information content (AvgIpc) is 2.38. The van der Waals surface area contributed by atoms with E-state index in [1.165, 1.54) is 57.2 Å². The first kappa shape index (κ1) is 13.7. The van der Waals surface area contributed by atoms with Gasteiger partial charge in [0.25, 0.3) is 0 Å². The Morgan fingerprint density at radius 1 is 1.24 bits per heavy atom. The molecule has 0 amide bonds. The van der Waals surface area contributed by atoms with Gasteiger partial charge in [-0.1, -0.05) is 6.92 Å². The first-order valence-electron chi connectivity index (χ1n) is 7.07. The van der Waals surface area contributed by atoms with E-state index < -0.39 is 0 Å². The van der Waals surface area contributed by atoms with Crippen molar-refractivity contribution in [2.75, 3.05) is 50.8 Å². The van der Waals surface area contributed by atoms with E-state index in [4.69, 9.17) is 0 Å². The van der Waals surface area contributed by atoms with E-state index in [1.807, 2.05) is 0 Å². The summed E-state index contributed by atoms with van der Waals surface area (Å²) in [6.45, 7) is 12.1. The Kier molecular flexibility index (Phi) is 5.60. The molecule has 2 saturated heterocycles. The molecule has 0 saturated carbocycles. The summed E-state index contributed by atoms with van der Waals surface area (Å²) in [5.74, 6) is 2.66. The van der Waals surface area contributed by atoms with Crippen LogP contribution in [0, 0.1) is 0 Å². The fourth-order valence-electron chi connectivity index (χ4n) is 2.80. The Labute approximate surface area is 110 Å². The van der Waals surface area contributed by atoms with E-state index in [-0.39, 0.29) is 0 Å². The van der Waals surface area contributed by atoms with Gasteiger partial charge in [0.15, 0.2) is 0 Å². The molecule has 0 aliphatic carbocycles. The minimum absolute atomic E-state index is 0.662. The number of nitrogens with one attached hydrogen (secondary N) is 1. The van der Waals surface area contributed by atoms with Gasteiger partial charge in [0.2, 0.25) is 0 Å². The van der Waals surface area contributed by atoms with Gasteiger partial charge in [-0.3, -0.25) is 4.90 Å². The summed E-state index contributed by atoms with van der Waals surface area (Å²) in [6, 6.07) is 1.42. The van der Waals surface area contributed by atoms with E-state index in [0.29, 0.717) is 6.04 Å². The average molecular weight is 257 g/mol. The number of thioether (sulfide) groups is 1. The summed E-state index contributed by atoms with van der Waals surface area (Å²) in [5.41, 5.74) is 0. The molecule has 2 heterocycles. The van der Waals surface area contributed by atoms with Crippen LogP contribution in [0.2, 0.25) is 0 Å².